The largest absolute Gasteiger partial charge is 0.444 e. The van der Waals surface area contributed by atoms with Gasteiger partial charge in [0.1, 0.15) is 11.9 Å². The Bertz CT molecular complexity index is 647. The highest BCUT2D eigenvalue weighted by atomic mass is 19.1. The maximum atomic E-state index is 13.9. The van der Waals surface area contributed by atoms with Crippen LogP contribution < -0.4 is 10.6 Å². The van der Waals surface area contributed by atoms with Gasteiger partial charge < -0.3 is 15.4 Å². The Morgan fingerprint density at radius 2 is 2.27 bits per heavy atom. The number of aromatic nitrogens is 1. The number of rotatable bonds is 3. The second kappa shape index (κ2) is 4.66. The van der Waals surface area contributed by atoms with Crippen molar-refractivity contribution < 1.29 is 18.7 Å². The van der Waals surface area contributed by atoms with Crippen molar-refractivity contribution in [2.75, 3.05) is 0 Å². The molecule has 22 heavy (non-hydrogen) atoms. The van der Waals surface area contributed by atoms with Crippen LogP contribution in [0.2, 0.25) is 0 Å². The number of carbonyl (C=O) groups excluding carboxylic acids is 2. The number of nitrogens with zero attached hydrogens (tertiary/aromatic N) is 1. The van der Waals surface area contributed by atoms with Gasteiger partial charge in [-0.25, -0.2) is 9.18 Å². The third-order valence-corrected chi connectivity index (χ3v) is 4.80. The van der Waals surface area contributed by atoms with Gasteiger partial charge in [0, 0.05) is 18.7 Å². The fraction of sp³-hybridized carbons (Fsp3) is 0.533. The molecule has 3 atom stereocenters. The average molecular weight is 305 g/mol. The van der Waals surface area contributed by atoms with Crippen LogP contribution in [0.5, 0.6) is 0 Å². The van der Waals surface area contributed by atoms with Gasteiger partial charge in [-0.15, -0.1) is 0 Å². The molecule has 1 aromatic rings. The molecule has 0 aromatic carbocycles. The highest BCUT2D eigenvalue weighted by molar-refractivity contribution is 5.91. The zero-order chi connectivity index (χ0) is 15.3. The SMILES string of the molecule is O=C1N[C@@H]2C[C@@H](NC(=O)C3(c4ncccc4F)CC3)[C@@H](C2)O1. The van der Waals surface area contributed by atoms with Crippen molar-refractivity contribution in [1.29, 1.82) is 0 Å². The molecule has 3 aliphatic rings. The third kappa shape index (κ3) is 2.03. The summed E-state index contributed by atoms with van der Waals surface area (Å²) >= 11 is 0. The Morgan fingerprint density at radius 3 is 3.00 bits per heavy atom. The number of halogens is 1. The molecule has 2 heterocycles. The van der Waals surface area contributed by atoms with Gasteiger partial charge in [-0.3, -0.25) is 9.78 Å². The van der Waals surface area contributed by atoms with E-state index in [1.165, 1.54) is 18.3 Å². The second-order valence-corrected chi connectivity index (χ2v) is 6.25. The summed E-state index contributed by atoms with van der Waals surface area (Å²) in [7, 11) is 0. The first-order valence-corrected chi connectivity index (χ1v) is 7.47. The molecule has 1 aliphatic heterocycles. The topological polar surface area (TPSA) is 80.3 Å². The third-order valence-electron chi connectivity index (χ3n) is 4.80. The first kappa shape index (κ1) is 13.5. The summed E-state index contributed by atoms with van der Waals surface area (Å²) in [6.07, 6.45) is 3.28. The highest BCUT2D eigenvalue weighted by Gasteiger charge is 2.55. The van der Waals surface area contributed by atoms with Gasteiger partial charge in [0.2, 0.25) is 5.91 Å². The molecule has 6 nitrogen and oxygen atoms in total. The summed E-state index contributed by atoms with van der Waals surface area (Å²) in [5.41, 5.74) is -0.650. The van der Waals surface area contributed by atoms with Gasteiger partial charge in [0.05, 0.1) is 17.2 Å². The van der Waals surface area contributed by atoms with E-state index in [0.717, 1.165) is 0 Å². The molecular formula is C15H16FN3O3. The van der Waals surface area contributed by atoms with Crippen molar-refractivity contribution in [2.24, 2.45) is 0 Å². The maximum absolute atomic E-state index is 13.9. The molecular weight excluding hydrogens is 289 g/mol. The molecule has 2 amide bonds. The fourth-order valence-electron chi connectivity index (χ4n) is 3.48. The van der Waals surface area contributed by atoms with E-state index in [2.05, 4.69) is 15.6 Å². The van der Waals surface area contributed by atoms with Crippen molar-refractivity contribution in [3.8, 4) is 0 Å². The van der Waals surface area contributed by atoms with Gasteiger partial charge in [-0.1, -0.05) is 0 Å². The van der Waals surface area contributed by atoms with Crippen LogP contribution in [0.25, 0.3) is 0 Å². The molecule has 2 bridgehead atoms. The van der Waals surface area contributed by atoms with Crippen LogP contribution in [-0.4, -0.2) is 35.2 Å². The molecule has 0 spiro atoms. The minimum Gasteiger partial charge on any atom is -0.444 e. The summed E-state index contributed by atoms with van der Waals surface area (Å²) in [4.78, 5) is 28.0. The number of alkyl carbamates (subject to hydrolysis) is 1. The Hall–Kier alpha value is -2.18. The quantitative estimate of drug-likeness (QED) is 0.873. The number of pyridine rings is 1. The van der Waals surface area contributed by atoms with Crippen molar-refractivity contribution in [3.05, 3.63) is 29.8 Å². The van der Waals surface area contributed by atoms with Crippen LogP contribution in [0.3, 0.4) is 0 Å². The molecule has 116 valence electrons. The monoisotopic (exact) mass is 305 g/mol. The zero-order valence-corrected chi connectivity index (χ0v) is 11.8. The Labute approximate surface area is 126 Å². The predicted molar refractivity (Wildman–Crippen MR) is 73.5 cm³/mol. The Kier molecular flexibility index (Phi) is 2.85. The molecule has 0 unspecified atom stereocenters. The number of fused-ring (bicyclic) bond motifs is 2. The molecule has 7 heteroatoms. The van der Waals surface area contributed by atoms with Gasteiger partial charge in [-0.05, 0) is 31.4 Å². The summed E-state index contributed by atoms with van der Waals surface area (Å²) in [6, 6.07) is 2.65. The zero-order valence-electron chi connectivity index (χ0n) is 11.8. The summed E-state index contributed by atoms with van der Waals surface area (Å²) in [5, 5.41) is 5.66. The first-order valence-electron chi connectivity index (χ1n) is 7.47. The van der Waals surface area contributed by atoms with E-state index in [0.29, 0.717) is 25.7 Å². The number of amides is 2. The normalized spacial score (nSPS) is 31.1. The smallest absolute Gasteiger partial charge is 0.407 e. The van der Waals surface area contributed by atoms with E-state index < -0.39 is 17.3 Å². The van der Waals surface area contributed by atoms with Crippen molar-refractivity contribution in [3.63, 3.8) is 0 Å². The Balaban J connectivity index is 1.51. The van der Waals surface area contributed by atoms with Gasteiger partial charge in [-0.2, -0.15) is 0 Å². The predicted octanol–water partition coefficient (Wildman–Crippen LogP) is 1.01. The average Bonchev–Trinajstić information content (AvgIpc) is 3.23. The maximum Gasteiger partial charge on any atom is 0.407 e. The molecule has 4 rings (SSSR count). The summed E-state index contributed by atoms with van der Waals surface area (Å²) in [6.45, 7) is 0. The van der Waals surface area contributed by atoms with Gasteiger partial charge >= 0.3 is 6.09 Å². The lowest BCUT2D eigenvalue weighted by atomic mass is 9.99. The fourth-order valence-corrected chi connectivity index (χ4v) is 3.48. The standard InChI is InChI=1S/C15H16FN3O3/c16-9-2-1-5-17-12(9)15(3-4-15)13(20)19-10-6-8-7-11(10)22-14(21)18-8/h1-2,5,8,10-11H,3-4,6-7H2,(H,18,21)(H,19,20)/t8-,10-,11-/m1/s1. The number of nitrogens with one attached hydrogen (secondary N) is 2. The number of ether oxygens (including phenoxy) is 1. The van der Waals surface area contributed by atoms with Crippen molar-refractivity contribution in [2.45, 2.75) is 49.3 Å². The van der Waals surface area contributed by atoms with E-state index in [1.54, 1.807) is 0 Å². The first-order chi connectivity index (χ1) is 10.6. The summed E-state index contributed by atoms with van der Waals surface area (Å²) < 4.78 is 19.1. The minimum atomic E-state index is -0.862. The molecule has 0 radical (unpaired) electrons. The molecule has 2 saturated carbocycles. The van der Waals surface area contributed by atoms with Gasteiger partial charge in [0.15, 0.2) is 0 Å². The lowest BCUT2D eigenvalue weighted by molar-refractivity contribution is -0.125. The van der Waals surface area contributed by atoms with Crippen LogP contribution in [0, 0.1) is 5.82 Å². The number of hydrogen-bond donors (Lipinski definition) is 2. The van der Waals surface area contributed by atoms with Crippen LogP contribution in [-0.2, 0) is 14.9 Å². The van der Waals surface area contributed by atoms with Gasteiger partial charge in [0.25, 0.3) is 0 Å². The molecule has 2 aliphatic carbocycles. The van der Waals surface area contributed by atoms with E-state index in [-0.39, 0.29) is 29.8 Å². The van der Waals surface area contributed by atoms with Crippen LogP contribution in [0.15, 0.2) is 18.3 Å². The minimum absolute atomic E-state index is 0.0401. The lowest BCUT2D eigenvalue weighted by Crippen LogP contribution is -2.47. The second-order valence-electron chi connectivity index (χ2n) is 6.25. The Morgan fingerprint density at radius 1 is 1.45 bits per heavy atom. The van der Waals surface area contributed by atoms with Crippen LogP contribution in [0.1, 0.15) is 31.4 Å². The van der Waals surface area contributed by atoms with E-state index in [1.807, 2.05) is 0 Å². The lowest BCUT2D eigenvalue weighted by Gasteiger charge is -2.24. The molecule has 1 aromatic heterocycles. The van der Waals surface area contributed by atoms with Crippen molar-refractivity contribution >= 4 is 12.0 Å². The highest BCUT2D eigenvalue weighted by Crippen LogP contribution is 2.48. The van der Waals surface area contributed by atoms with E-state index in [9.17, 15) is 14.0 Å². The van der Waals surface area contributed by atoms with Crippen LogP contribution >= 0.6 is 0 Å². The van der Waals surface area contributed by atoms with Crippen molar-refractivity contribution in [1.82, 2.24) is 15.6 Å². The molecule has 2 N–H and O–H groups in total. The van der Waals surface area contributed by atoms with Crippen LogP contribution in [0.4, 0.5) is 9.18 Å². The number of carbonyl (C=O) groups is 2. The molecule has 1 saturated heterocycles. The van der Waals surface area contributed by atoms with E-state index >= 15 is 0 Å². The van der Waals surface area contributed by atoms with E-state index in [4.69, 9.17) is 4.74 Å². The summed E-state index contributed by atoms with van der Waals surface area (Å²) in [5.74, 6) is -0.674. The molecule has 3 fully saturated rings. The number of hydrogen-bond acceptors (Lipinski definition) is 4.